The fourth-order valence-corrected chi connectivity index (χ4v) is 4.15. The molecule has 3 aromatic carbocycles. The lowest BCUT2D eigenvalue weighted by Gasteiger charge is -2.25. The van der Waals surface area contributed by atoms with E-state index in [9.17, 15) is 18.4 Å². The van der Waals surface area contributed by atoms with E-state index >= 15 is 0 Å². The van der Waals surface area contributed by atoms with Gasteiger partial charge in [-0.3, -0.25) is 9.59 Å². The number of hydrogen-bond donors (Lipinski definition) is 1. The molecule has 4 aromatic rings. The molecule has 4 rings (SSSR count). The SMILES string of the molecule is C[C@H](c1ccc(F)cc1)N(C)C(=O)c1ccc2nc(-c3ccc(F)cc3)c(CCCCC(=O)O)nc2c1. The lowest BCUT2D eigenvalue weighted by Crippen LogP contribution is -2.29. The fourth-order valence-electron chi connectivity index (χ4n) is 4.15. The summed E-state index contributed by atoms with van der Waals surface area (Å²) >= 11 is 0. The van der Waals surface area contributed by atoms with Gasteiger partial charge in [-0.2, -0.15) is 0 Å². The number of amides is 1. The van der Waals surface area contributed by atoms with E-state index in [0.29, 0.717) is 52.8 Å². The van der Waals surface area contributed by atoms with Gasteiger partial charge in [0.15, 0.2) is 0 Å². The number of benzene rings is 3. The third kappa shape index (κ3) is 6.14. The summed E-state index contributed by atoms with van der Waals surface area (Å²) in [6.07, 6.45) is 1.63. The summed E-state index contributed by atoms with van der Waals surface area (Å²) in [6.45, 7) is 1.87. The fraction of sp³-hybridized carbons (Fsp3) is 0.241. The number of carboxylic acid groups (broad SMARTS) is 1. The van der Waals surface area contributed by atoms with E-state index in [0.717, 1.165) is 5.56 Å². The molecule has 190 valence electrons. The van der Waals surface area contributed by atoms with Crippen LogP contribution in [0, 0.1) is 11.6 Å². The van der Waals surface area contributed by atoms with Gasteiger partial charge in [0.2, 0.25) is 0 Å². The van der Waals surface area contributed by atoms with Crippen LogP contribution in [0.5, 0.6) is 0 Å². The predicted molar refractivity (Wildman–Crippen MR) is 137 cm³/mol. The molecule has 0 unspecified atom stereocenters. The smallest absolute Gasteiger partial charge is 0.303 e. The summed E-state index contributed by atoms with van der Waals surface area (Å²) in [5.41, 5.74) is 4.32. The second-order valence-electron chi connectivity index (χ2n) is 8.97. The predicted octanol–water partition coefficient (Wildman–Crippen LogP) is 6.21. The molecule has 1 amide bonds. The average molecular weight is 504 g/mol. The minimum Gasteiger partial charge on any atom is -0.481 e. The molecule has 6 nitrogen and oxygen atoms in total. The van der Waals surface area contributed by atoms with Gasteiger partial charge in [0, 0.05) is 24.6 Å². The van der Waals surface area contributed by atoms with E-state index in [-0.39, 0.29) is 30.0 Å². The molecular weight excluding hydrogens is 476 g/mol. The van der Waals surface area contributed by atoms with Gasteiger partial charge in [-0.1, -0.05) is 12.1 Å². The van der Waals surface area contributed by atoms with Gasteiger partial charge >= 0.3 is 5.97 Å². The lowest BCUT2D eigenvalue weighted by atomic mass is 10.0. The quantitative estimate of drug-likeness (QED) is 0.275. The molecule has 1 N–H and O–H groups in total. The van der Waals surface area contributed by atoms with Crippen LogP contribution in [0.3, 0.4) is 0 Å². The Labute approximate surface area is 213 Å². The second-order valence-corrected chi connectivity index (χ2v) is 8.97. The zero-order valence-electron chi connectivity index (χ0n) is 20.6. The van der Waals surface area contributed by atoms with Crippen molar-refractivity contribution in [2.75, 3.05) is 7.05 Å². The molecule has 0 aliphatic rings. The highest BCUT2D eigenvalue weighted by Crippen LogP contribution is 2.27. The number of rotatable bonds is 9. The lowest BCUT2D eigenvalue weighted by molar-refractivity contribution is -0.137. The third-order valence-corrected chi connectivity index (χ3v) is 6.41. The van der Waals surface area contributed by atoms with E-state index in [4.69, 9.17) is 15.1 Å². The van der Waals surface area contributed by atoms with Gasteiger partial charge in [0.1, 0.15) is 11.6 Å². The molecule has 0 aliphatic carbocycles. The maximum absolute atomic E-state index is 13.5. The van der Waals surface area contributed by atoms with Crippen molar-refractivity contribution >= 4 is 22.9 Å². The Balaban J connectivity index is 1.65. The highest BCUT2D eigenvalue weighted by atomic mass is 19.1. The number of fused-ring (bicyclic) bond motifs is 1. The number of carbonyl (C=O) groups excluding carboxylic acids is 1. The average Bonchev–Trinajstić information content (AvgIpc) is 2.90. The molecule has 0 fully saturated rings. The van der Waals surface area contributed by atoms with Crippen molar-refractivity contribution < 1.29 is 23.5 Å². The monoisotopic (exact) mass is 503 g/mol. The van der Waals surface area contributed by atoms with E-state index < -0.39 is 5.97 Å². The van der Waals surface area contributed by atoms with Crippen molar-refractivity contribution in [3.05, 3.63) is 95.2 Å². The van der Waals surface area contributed by atoms with Gasteiger partial charge < -0.3 is 10.0 Å². The number of carboxylic acids is 1. The van der Waals surface area contributed by atoms with E-state index in [1.165, 1.54) is 24.3 Å². The third-order valence-electron chi connectivity index (χ3n) is 6.41. The first-order valence-electron chi connectivity index (χ1n) is 12.0. The molecule has 0 radical (unpaired) electrons. The van der Waals surface area contributed by atoms with Crippen molar-refractivity contribution in [1.82, 2.24) is 14.9 Å². The minimum atomic E-state index is -0.856. The number of aryl methyl sites for hydroxylation is 1. The highest BCUT2D eigenvalue weighted by Gasteiger charge is 2.20. The number of carbonyl (C=O) groups is 2. The molecule has 0 bridgehead atoms. The van der Waals surface area contributed by atoms with Crippen LogP contribution in [0.4, 0.5) is 8.78 Å². The van der Waals surface area contributed by atoms with Crippen LogP contribution in [0.25, 0.3) is 22.3 Å². The Kier molecular flexibility index (Phi) is 7.86. The van der Waals surface area contributed by atoms with Crippen molar-refractivity contribution in [3.8, 4) is 11.3 Å². The molecule has 0 aliphatic heterocycles. The summed E-state index contributed by atoms with van der Waals surface area (Å²) in [5.74, 6) is -1.77. The maximum Gasteiger partial charge on any atom is 0.303 e. The first-order valence-corrected chi connectivity index (χ1v) is 12.0. The molecule has 1 heterocycles. The van der Waals surface area contributed by atoms with Crippen LogP contribution in [-0.2, 0) is 11.2 Å². The van der Waals surface area contributed by atoms with Gasteiger partial charge in [0.25, 0.3) is 5.91 Å². The maximum atomic E-state index is 13.5. The second kappa shape index (κ2) is 11.2. The number of unbranched alkanes of at least 4 members (excludes halogenated alkanes) is 1. The van der Waals surface area contributed by atoms with E-state index in [1.54, 1.807) is 54.4 Å². The summed E-state index contributed by atoms with van der Waals surface area (Å²) in [7, 11) is 1.69. The molecule has 37 heavy (non-hydrogen) atoms. The number of halogens is 2. The molecule has 0 saturated carbocycles. The highest BCUT2D eigenvalue weighted by molar-refractivity contribution is 5.97. The Bertz CT molecular complexity index is 1420. The topological polar surface area (TPSA) is 83.4 Å². The molecule has 1 aromatic heterocycles. The van der Waals surface area contributed by atoms with E-state index in [2.05, 4.69) is 0 Å². The molecule has 0 spiro atoms. The standard InChI is InChI=1S/C29H27F2N3O3/c1-18(19-7-12-22(30)13-8-19)34(2)29(37)21-11-16-24-26(17-21)32-25(5-3-4-6-27(35)36)28(33-24)20-9-14-23(31)15-10-20/h7-18H,3-6H2,1-2H3,(H,35,36)/t18-/m1/s1. The summed E-state index contributed by atoms with van der Waals surface area (Å²) < 4.78 is 26.8. The van der Waals surface area contributed by atoms with Crippen LogP contribution in [-0.4, -0.2) is 38.9 Å². The van der Waals surface area contributed by atoms with Gasteiger partial charge in [-0.15, -0.1) is 0 Å². The van der Waals surface area contributed by atoms with Crippen molar-refractivity contribution in [3.63, 3.8) is 0 Å². The van der Waals surface area contributed by atoms with Crippen LogP contribution in [0.2, 0.25) is 0 Å². The zero-order chi connectivity index (χ0) is 26.5. The minimum absolute atomic E-state index is 0.0596. The Morgan fingerprint density at radius 1 is 0.892 bits per heavy atom. The van der Waals surface area contributed by atoms with Crippen LogP contribution < -0.4 is 0 Å². The summed E-state index contributed by atoms with van der Waals surface area (Å²) in [4.78, 5) is 35.3. The Hall–Kier alpha value is -4.20. The van der Waals surface area contributed by atoms with Crippen LogP contribution in [0.15, 0.2) is 66.7 Å². The van der Waals surface area contributed by atoms with Crippen LogP contribution in [0.1, 0.15) is 53.8 Å². The zero-order valence-corrected chi connectivity index (χ0v) is 20.6. The van der Waals surface area contributed by atoms with Gasteiger partial charge in [0.05, 0.1) is 28.5 Å². The molecule has 1 atom stereocenters. The normalized spacial score (nSPS) is 11.9. The molecule has 8 heteroatoms. The molecule has 0 saturated heterocycles. The summed E-state index contributed by atoms with van der Waals surface area (Å²) in [6, 6.07) is 16.9. The van der Waals surface area contributed by atoms with Crippen molar-refractivity contribution in [2.45, 2.75) is 38.6 Å². The Morgan fingerprint density at radius 2 is 1.54 bits per heavy atom. The summed E-state index contributed by atoms with van der Waals surface area (Å²) in [5, 5.41) is 8.95. The number of aromatic nitrogens is 2. The first kappa shape index (κ1) is 25.9. The molecular formula is C29H27F2N3O3. The van der Waals surface area contributed by atoms with Gasteiger partial charge in [-0.05, 0) is 86.3 Å². The van der Waals surface area contributed by atoms with Crippen molar-refractivity contribution in [2.24, 2.45) is 0 Å². The van der Waals surface area contributed by atoms with Gasteiger partial charge in [-0.25, -0.2) is 18.7 Å². The van der Waals surface area contributed by atoms with Crippen LogP contribution >= 0.6 is 0 Å². The Morgan fingerprint density at radius 3 is 2.19 bits per heavy atom. The number of nitrogens with zero attached hydrogens (tertiary/aromatic N) is 3. The van der Waals surface area contributed by atoms with Crippen molar-refractivity contribution in [1.29, 1.82) is 0 Å². The number of aliphatic carboxylic acids is 1. The first-order chi connectivity index (χ1) is 17.7. The van der Waals surface area contributed by atoms with E-state index in [1.807, 2.05) is 6.92 Å². The largest absolute Gasteiger partial charge is 0.481 e. The number of hydrogen-bond acceptors (Lipinski definition) is 4.